The van der Waals surface area contributed by atoms with Gasteiger partial charge in [-0.1, -0.05) is 82.1 Å². The van der Waals surface area contributed by atoms with Gasteiger partial charge >= 0.3 is 0 Å². The van der Waals surface area contributed by atoms with Crippen molar-refractivity contribution in [3.8, 4) is 11.3 Å². The number of thioether (sulfide) groups is 1. The molecule has 1 aromatic heterocycles. The van der Waals surface area contributed by atoms with E-state index in [1.807, 2.05) is 60.0 Å². The molecule has 1 atom stereocenters. The van der Waals surface area contributed by atoms with E-state index in [1.165, 1.54) is 23.1 Å². The monoisotopic (exact) mass is 716 g/mol. The quantitative estimate of drug-likeness (QED) is 0.0991. The van der Waals surface area contributed by atoms with Crippen molar-refractivity contribution in [1.82, 2.24) is 10.3 Å². The topological polar surface area (TPSA) is 100 Å². The van der Waals surface area contributed by atoms with Crippen LogP contribution in [0.5, 0.6) is 0 Å². The molecule has 5 aromatic rings. The van der Waals surface area contributed by atoms with Crippen LogP contribution < -0.4 is 16.0 Å². The van der Waals surface area contributed by atoms with Crippen molar-refractivity contribution < 1.29 is 14.4 Å². The number of amides is 3. The molecule has 3 N–H and O–H groups in total. The van der Waals surface area contributed by atoms with Crippen LogP contribution >= 0.6 is 50.6 Å². The van der Waals surface area contributed by atoms with E-state index >= 15 is 0 Å². The molecule has 0 bridgehead atoms. The Morgan fingerprint density at radius 2 is 1.67 bits per heavy atom. The third-order valence-electron chi connectivity index (χ3n) is 6.35. The van der Waals surface area contributed by atoms with Crippen molar-refractivity contribution in [3.63, 3.8) is 0 Å². The standard InChI is InChI=1S/C34H26BrClN4O3S2/c1-21(31(41)40-34-39-30(20-44-34)27-15-5-6-16-28(27)36)45-26-14-8-13-25(19-26)37-33(43)29(18-22-9-7-12-24(35)17-22)38-32(42)23-10-3-2-4-11-23/h2-21H,1H3,(H,37,43)(H,38,42)(H,39,40,41)/b29-18+. The predicted octanol–water partition coefficient (Wildman–Crippen LogP) is 8.75. The summed E-state index contributed by atoms with van der Waals surface area (Å²) in [6.45, 7) is 1.80. The Labute approximate surface area is 282 Å². The summed E-state index contributed by atoms with van der Waals surface area (Å²) in [5.41, 5.74) is 3.23. The fraction of sp³-hybridized carbons (Fsp3) is 0.0588. The van der Waals surface area contributed by atoms with E-state index in [4.69, 9.17) is 11.6 Å². The molecule has 5 rings (SSSR count). The van der Waals surface area contributed by atoms with E-state index in [0.29, 0.717) is 27.1 Å². The summed E-state index contributed by atoms with van der Waals surface area (Å²) in [5.74, 6) is -1.11. The molecule has 45 heavy (non-hydrogen) atoms. The second-order valence-electron chi connectivity index (χ2n) is 9.68. The molecule has 226 valence electrons. The van der Waals surface area contributed by atoms with Crippen LogP contribution in [-0.2, 0) is 9.59 Å². The number of halogens is 2. The van der Waals surface area contributed by atoms with Crippen LogP contribution in [0.1, 0.15) is 22.8 Å². The first kappa shape index (κ1) is 32.2. The zero-order chi connectivity index (χ0) is 31.8. The van der Waals surface area contributed by atoms with Crippen LogP contribution in [0.25, 0.3) is 17.3 Å². The van der Waals surface area contributed by atoms with Crippen molar-refractivity contribution >= 4 is 85.2 Å². The van der Waals surface area contributed by atoms with Crippen molar-refractivity contribution in [2.24, 2.45) is 0 Å². The van der Waals surface area contributed by atoms with Gasteiger partial charge in [0, 0.05) is 36.6 Å². The molecule has 0 aliphatic rings. The SMILES string of the molecule is CC(Sc1cccc(NC(=O)/C(=C\c2cccc(Br)c2)NC(=O)c2ccccc2)c1)C(=O)Nc1nc(-c2ccccc2Cl)cs1. The Bertz CT molecular complexity index is 1880. The van der Waals surface area contributed by atoms with Gasteiger partial charge in [-0.2, -0.15) is 0 Å². The number of nitrogens with zero attached hydrogens (tertiary/aromatic N) is 1. The smallest absolute Gasteiger partial charge is 0.272 e. The van der Waals surface area contributed by atoms with Crippen LogP contribution in [0, 0.1) is 0 Å². The van der Waals surface area contributed by atoms with Gasteiger partial charge in [0.1, 0.15) is 5.70 Å². The lowest BCUT2D eigenvalue weighted by Gasteiger charge is -2.14. The summed E-state index contributed by atoms with van der Waals surface area (Å²) in [6.07, 6.45) is 1.61. The van der Waals surface area contributed by atoms with Crippen molar-refractivity contribution in [2.75, 3.05) is 10.6 Å². The summed E-state index contributed by atoms with van der Waals surface area (Å²) < 4.78 is 0.837. The largest absolute Gasteiger partial charge is 0.321 e. The Kier molecular flexibility index (Phi) is 10.9. The van der Waals surface area contributed by atoms with Crippen LogP contribution in [0.3, 0.4) is 0 Å². The highest BCUT2D eigenvalue weighted by atomic mass is 79.9. The van der Waals surface area contributed by atoms with Crippen molar-refractivity contribution in [2.45, 2.75) is 17.1 Å². The van der Waals surface area contributed by atoms with E-state index in [9.17, 15) is 14.4 Å². The third kappa shape index (κ3) is 8.92. The van der Waals surface area contributed by atoms with Gasteiger partial charge < -0.3 is 16.0 Å². The first-order valence-corrected chi connectivity index (χ1v) is 16.6. The maximum atomic E-state index is 13.4. The number of rotatable bonds is 10. The van der Waals surface area contributed by atoms with Crippen molar-refractivity contribution in [3.05, 3.63) is 135 Å². The van der Waals surface area contributed by atoms with Gasteiger partial charge in [-0.15, -0.1) is 23.1 Å². The fourth-order valence-electron chi connectivity index (χ4n) is 4.14. The molecule has 0 spiro atoms. The van der Waals surface area contributed by atoms with Crippen LogP contribution in [0.2, 0.25) is 5.02 Å². The van der Waals surface area contributed by atoms with Crippen LogP contribution in [0.4, 0.5) is 10.8 Å². The minimum Gasteiger partial charge on any atom is -0.321 e. The van der Waals surface area contributed by atoms with E-state index in [1.54, 1.807) is 61.5 Å². The van der Waals surface area contributed by atoms with E-state index in [-0.39, 0.29) is 11.6 Å². The number of carbonyl (C=O) groups is 3. The highest BCUT2D eigenvalue weighted by Gasteiger charge is 2.19. The molecular weight excluding hydrogens is 692 g/mol. The van der Waals surface area contributed by atoms with Crippen molar-refractivity contribution in [1.29, 1.82) is 0 Å². The number of anilines is 2. The van der Waals surface area contributed by atoms with Crippen LogP contribution in [-0.4, -0.2) is 28.0 Å². The molecule has 0 fully saturated rings. The average Bonchev–Trinajstić information content (AvgIpc) is 3.49. The Balaban J connectivity index is 1.26. The Hall–Kier alpha value is -4.22. The van der Waals surface area contributed by atoms with Gasteiger partial charge in [0.25, 0.3) is 11.8 Å². The second-order valence-corrected chi connectivity index (χ2v) is 13.3. The van der Waals surface area contributed by atoms with Gasteiger partial charge in [0.05, 0.1) is 10.9 Å². The molecule has 0 aliphatic carbocycles. The molecular formula is C34H26BrClN4O3S2. The first-order chi connectivity index (χ1) is 21.7. The molecule has 4 aromatic carbocycles. The lowest BCUT2D eigenvalue weighted by atomic mass is 10.1. The molecule has 7 nitrogen and oxygen atoms in total. The number of thiazole rings is 1. The molecule has 0 aliphatic heterocycles. The fourth-order valence-corrected chi connectivity index (χ4v) is 6.43. The van der Waals surface area contributed by atoms with Gasteiger partial charge in [-0.3, -0.25) is 14.4 Å². The summed E-state index contributed by atoms with van der Waals surface area (Å²) in [7, 11) is 0. The highest BCUT2D eigenvalue weighted by molar-refractivity contribution is 9.10. The maximum absolute atomic E-state index is 13.4. The number of hydrogen-bond acceptors (Lipinski definition) is 6. The summed E-state index contributed by atoms with van der Waals surface area (Å²) in [4.78, 5) is 44.7. The second kappa shape index (κ2) is 15.2. The maximum Gasteiger partial charge on any atom is 0.272 e. The Morgan fingerprint density at radius 3 is 2.44 bits per heavy atom. The average molecular weight is 718 g/mol. The Morgan fingerprint density at radius 1 is 0.911 bits per heavy atom. The molecule has 3 amide bonds. The lowest BCUT2D eigenvalue weighted by Crippen LogP contribution is -2.30. The summed E-state index contributed by atoms with van der Waals surface area (Å²) >= 11 is 12.4. The molecule has 0 saturated carbocycles. The zero-order valence-electron chi connectivity index (χ0n) is 23.8. The van der Waals surface area contributed by atoms with Gasteiger partial charge in [0.2, 0.25) is 5.91 Å². The minimum atomic E-state index is -0.495. The first-order valence-electron chi connectivity index (χ1n) is 13.7. The van der Waals surface area contributed by atoms with Gasteiger partial charge in [-0.25, -0.2) is 4.98 Å². The number of carbonyl (C=O) groups excluding carboxylic acids is 3. The van der Waals surface area contributed by atoms with E-state index < -0.39 is 17.1 Å². The summed E-state index contributed by atoms with van der Waals surface area (Å²) in [5, 5.41) is 11.0. The minimum absolute atomic E-state index is 0.0763. The number of nitrogens with one attached hydrogen (secondary N) is 3. The zero-order valence-corrected chi connectivity index (χ0v) is 27.8. The molecule has 0 radical (unpaired) electrons. The predicted molar refractivity (Wildman–Crippen MR) is 188 cm³/mol. The van der Waals surface area contributed by atoms with Gasteiger partial charge in [0.15, 0.2) is 5.13 Å². The van der Waals surface area contributed by atoms with Crippen LogP contribution in [0.15, 0.2) is 124 Å². The van der Waals surface area contributed by atoms with Gasteiger partial charge in [-0.05, 0) is 67.1 Å². The van der Waals surface area contributed by atoms with E-state index in [2.05, 4.69) is 36.9 Å². The molecule has 0 saturated heterocycles. The number of benzene rings is 4. The number of hydrogen-bond donors (Lipinski definition) is 3. The summed E-state index contributed by atoms with van der Waals surface area (Å²) in [6, 6.07) is 30.6. The number of aromatic nitrogens is 1. The molecule has 1 unspecified atom stereocenters. The molecule has 1 heterocycles. The normalized spacial score (nSPS) is 11.8. The third-order valence-corrected chi connectivity index (χ3v) is 9.02. The lowest BCUT2D eigenvalue weighted by molar-refractivity contribution is -0.115. The highest BCUT2D eigenvalue weighted by Crippen LogP contribution is 2.31. The van der Waals surface area contributed by atoms with E-state index in [0.717, 1.165) is 20.5 Å². The molecule has 11 heteroatoms.